The van der Waals surface area contributed by atoms with Crippen molar-refractivity contribution in [2.24, 2.45) is 5.92 Å². The van der Waals surface area contributed by atoms with Crippen LogP contribution in [0.1, 0.15) is 30.1 Å². The van der Waals surface area contributed by atoms with Crippen LogP contribution in [0.15, 0.2) is 41.2 Å². The Morgan fingerprint density at radius 2 is 2.29 bits per heavy atom. The standard InChI is InChI=1S/C20H21N3O4S/c1-2-27-15-5-6-16-17(10-15)28-20(21-16)22-18(24)13-4-3-8-23(11-13)19(25)14-7-9-26-12-14/h5-7,9-10,12-13H,2-4,8,11H2,1H3,(H,21,22,24)/t13-/m1/s1. The van der Waals surface area contributed by atoms with Crippen LogP contribution in [0.4, 0.5) is 5.13 Å². The lowest BCUT2D eigenvalue weighted by molar-refractivity contribution is -0.121. The number of thiazole rings is 1. The number of nitrogens with zero attached hydrogens (tertiary/aromatic N) is 2. The number of amides is 2. The molecule has 0 spiro atoms. The summed E-state index contributed by atoms with van der Waals surface area (Å²) in [5, 5.41) is 3.48. The largest absolute Gasteiger partial charge is 0.494 e. The summed E-state index contributed by atoms with van der Waals surface area (Å²) in [5.74, 6) is 0.330. The number of piperidine rings is 1. The molecule has 4 rings (SSSR count). The zero-order valence-corrected chi connectivity index (χ0v) is 16.3. The summed E-state index contributed by atoms with van der Waals surface area (Å²) in [5.41, 5.74) is 1.33. The predicted molar refractivity (Wildman–Crippen MR) is 107 cm³/mol. The van der Waals surface area contributed by atoms with Gasteiger partial charge >= 0.3 is 0 Å². The molecule has 7 nitrogen and oxygen atoms in total. The van der Waals surface area contributed by atoms with Gasteiger partial charge in [-0.15, -0.1) is 0 Å². The number of likely N-dealkylation sites (tertiary alicyclic amines) is 1. The van der Waals surface area contributed by atoms with Crippen LogP contribution >= 0.6 is 11.3 Å². The van der Waals surface area contributed by atoms with E-state index in [0.29, 0.717) is 30.4 Å². The van der Waals surface area contributed by atoms with E-state index in [-0.39, 0.29) is 17.7 Å². The van der Waals surface area contributed by atoms with E-state index in [4.69, 9.17) is 9.15 Å². The number of nitrogens with one attached hydrogen (secondary N) is 1. The Kier molecular flexibility index (Phi) is 5.29. The summed E-state index contributed by atoms with van der Waals surface area (Å²) in [6, 6.07) is 7.33. The molecule has 2 aromatic heterocycles. The van der Waals surface area contributed by atoms with Gasteiger partial charge in [-0.05, 0) is 44.0 Å². The number of hydrogen-bond donors (Lipinski definition) is 1. The van der Waals surface area contributed by atoms with Crippen molar-refractivity contribution in [1.82, 2.24) is 9.88 Å². The highest BCUT2D eigenvalue weighted by Gasteiger charge is 2.29. The van der Waals surface area contributed by atoms with Gasteiger partial charge in [0, 0.05) is 13.1 Å². The maximum atomic E-state index is 12.7. The van der Waals surface area contributed by atoms with Crippen molar-refractivity contribution in [3.8, 4) is 5.75 Å². The quantitative estimate of drug-likeness (QED) is 0.706. The molecule has 0 bridgehead atoms. The lowest BCUT2D eigenvalue weighted by Gasteiger charge is -2.31. The zero-order chi connectivity index (χ0) is 19.5. The average Bonchev–Trinajstić information content (AvgIpc) is 3.37. The van der Waals surface area contributed by atoms with E-state index in [9.17, 15) is 9.59 Å². The maximum absolute atomic E-state index is 12.7. The monoisotopic (exact) mass is 399 g/mol. The van der Waals surface area contributed by atoms with Gasteiger partial charge in [0.05, 0.1) is 34.6 Å². The van der Waals surface area contributed by atoms with E-state index >= 15 is 0 Å². The van der Waals surface area contributed by atoms with Gasteiger partial charge in [-0.2, -0.15) is 0 Å². The molecule has 146 valence electrons. The fraction of sp³-hybridized carbons (Fsp3) is 0.350. The van der Waals surface area contributed by atoms with Crippen molar-refractivity contribution in [2.45, 2.75) is 19.8 Å². The Hall–Kier alpha value is -2.87. The van der Waals surface area contributed by atoms with Gasteiger partial charge in [0.2, 0.25) is 5.91 Å². The van der Waals surface area contributed by atoms with Crippen molar-refractivity contribution in [2.75, 3.05) is 25.0 Å². The van der Waals surface area contributed by atoms with Crippen LogP contribution in [-0.2, 0) is 4.79 Å². The number of aromatic nitrogens is 1. The molecule has 1 aromatic carbocycles. The molecule has 0 saturated carbocycles. The molecule has 0 unspecified atom stereocenters. The Balaban J connectivity index is 1.43. The number of rotatable bonds is 5. The molecule has 28 heavy (non-hydrogen) atoms. The molecule has 3 heterocycles. The van der Waals surface area contributed by atoms with Crippen LogP contribution in [0.25, 0.3) is 10.2 Å². The van der Waals surface area contributed by atoms with Gasteiger partial charge in [0.1, 0.15) is 12.0 Å². The molecule has 0 radical (unpaired) electrons. The molecule has 1 atom stereocenters. The van der Waals surface area contributed by atoms with Crippen LogP contribution in [-0.4, -0.2) is 41.4 Å². The highest BCUT2D eigenvalue weighted by atomic mass is 32.1. The first-order chi connectivity index (χ1) is 13.6. The van der Waals surface area contributed by atoms with Crippen molar-refractivity contribution in [1.29, 1.82) is 0 Å². The number of anilines is 1. The number of carbonyl (C=O) groups is 2. The van der Waals surface area contributed by atoms with E-state index in [1.807, 2.05) is 25.1 Å². The molecular formula is C20H21N3O4S. The van der Waals surface area contributed by atoms with Crippen molar-refractivity contribution in [3.05, 3.63) is 42.4 Å². The van der Waals surface area contributed by atoms with E-state index in [1.54, 1.807) is 11.0 Å². The Morgan fingerprint density at radius 3 is 3.07 bits per heavy atom. The molecular weight excluding hydrogens is 378 g/mol. The first-order valence-corrected chi connectivity index (χ1v) is 10.1. The predicted octanol–water partition coefficient (Wildman–Crippen LogP) is 3.78. The third-order valence-corrected chi connectivity index (χ3v) is 5.68. The van der Waals surface area contributed by atoms with Gasteiger partial charge in [0.15, 0.2) is 5.13 Å². The van der Waals surface area contributed by atoms with Crippen molar-refractivity contribution < 1.29 is 18.7 Å². The number of benzene rings is 1. The first-order valence-electron chi connectivity index (χ1n) is 9.29. The lowest BCUT2D eigenvalue weighted by Crippen LogP contribution is -2.43. The summed E-state index contributed by atoms with van der Waals surface area (Å²) >= 11 is 1.42. The Bertz CT molecular complexity index is 983. The van der Waals surface area contributed by atoms with E-state index in [0.717, 1.165) is 28.8 Å². The molecule has 8 heteroatoms. The van der Waals surface area contributed by atoms with Crippen LogP contribution < -0.4 is 10.1 Å². The summed E-state index contributed by atoms with van der Waals surface area (Å²) < 4.78 is 11.5. The molecule has 3 aromatic rings. The van der Waals surface area contributed by atoms with E-state index in [1.165, 1.54) is 23.9 Å². The SMILES string of the molecule is CCOc1ccc2nc(NC(=O)[C@@H]3CCCN(C(=O)c4ccoc4)C3)sc2c1. The number of fused-ring (bicyclic) bond motifs is 1. The number of furan rings is 1. The van der Waals surface area contributed by atoms with Gasteiger partial charge < -0.3 is 19.4 Å². The maximum Gasteiger partial charge on any atom is 0.257 e. The second-order valence-corrected chi connectivity index (χ2v) is 7.70. The van der Waals surface area contributed by atoms with Crippen molar-refractivity contribution >= 4 is 38.5 Å². The zero-order valence-electron chi connectivity index (χ0n) is 15.5. The molecule has 1 aliphatic rings. The third kappa shape index (κ3) is 3.87. The van der Waals surface area contributed by atoms with Crippen LogP contribution in [0.2, 0.25) is 0 Å². The minimum absolute atomic E-state index is 0.102. The van der Waals surface area contributed by atoms with E-state index in [2.05, 4.69) is 10.3 Å². The molecule has 1 N–H and O–H groups in total. The summed E-state index contributed by atoms with van der Waals surface area (Å²) in [6.45, 7) is 3.58. The second-order valence-electron chi connectivity index (χ2n) is 6.67. The molecule has 1 fully saturated rings. The van der Waals surface area contributed by atoms with Crippen molar-refractivity contribution in [3.63, 3.8) is 0 Å². The summed E-state index contributed by atoms with van der Waals surface area (Å²) in [7, 11) is 0. The van der Waals surface area contributed by atoms with Crippen LogP contribution in [0.5, 0.6) is 5.75 Å². The van der Waals surface area contributed by atoms with E-state index < -0.39 is 0 Å². The topological polar surface area (TPSA) is 84.7 Å². The average molecular weight is 399 g/mol. The number of carbonyl (C=O) groups excluding carboxylic acids is 2. The van der Waals surface area contributed by atoms with Gasteiger partial charge in [-0.3, -0.25) is 9.59 Å². The highest BCUT2D eigenvalue weighted by Crippen LogP contribution is 2.30. The molecule has 0 aliphatic carbocycles. The normalized spacial score (nSPS) is 16.9. The minimum atomic E-state index is -0.254. The molecule has 1 aliphatic heterocycles. The number of hydrogen-bond acceptors (Lipinski definition) is 6. The lowest BCUT2D eigenvalue weighted by atomic mass is 9.97. The minimum Gasteiger partial charge on any atom is -0.494 e. The fourth-order valence-corrected chi connectivity index (χ4v) is 4.26. The highest BCUT2D eigenvalue weighted by molar-refractivity contribution is 7.22. The van der Waals surface area contributed by atoms with Gasteiger partial charge in [-0.1, -0.05) is 11.3 Å². The smallest absolute Gasteiger partial charge is 0.257 e. The van der Waals surface area contributed by atoms with Gasteiger partial charge in [-0.25, -0.2) is 4.98 Å². The Morgan fingerprint density at radius 1 is 1.39 bits per heavy atom. The number of ether oxygens (including phenoxy) is 1. The molecule has 2 amide bonds. The second kappa shape index (κ2) is 8.02. The fourth-order valence-electron chi connectivity index (χ4n) is 3.37. The van der Waals surface area contributed by atoms with Crippen LogP contribution in [0.3, 0.4) is 0 Å². The summed E-state index contributed by atoms with van der Waals surface area (Å²) in [6.07, 6.45) is 4.45. The molecule has 1 saturated heterocycles. The van der Waals surface area contributed by atoms with Gasteiger partial charge in [0.25, 0.3) is 5.91 Å². The third-order valence-electron chi connectivity index (χ3n) is 4.75. The first kappa shape index (κ1) is 18.5. The van der Waals surface area contributed by atoms with Crippen LogP contribution in [0, 0.1) is 5.92 Å². The summed E-state index contributed by atoms with van der Waals surface area (Å²) in [4.78, 5) is 31.4. The Labute approximate surface area is 166 Å².